The molecule has 3 heterocycles. The van der Waals surface area contributed by atoms with Gasteiger partial charge < -0.3 is 14.5 Å². The molecule has 0 spiro atoms. The lowest BCUT2D eigenvalue weighted by Gasteiger charge is -2.38. The molecule has 1 amide bonds. The summed E-state index contributed by atoms with van der Waals surface area (Å²) in [6.45, 7) is 12.1. The summed E-state index contributed by atoms with van der Waals surface area (Å²) in [6.07, 6.45) is 0.150. The second-order valence-corrected chi connectivity index (χ2v) is 11.1. The van der Waals surface area contributed by atoms with E-state index >= 15 is 0 Å². The van der Waals surface area contributed by atoms with Gasteiger partial charge in [0.1, 0.15) is 5.75 Å². The van der Waals surface area contributed by atoms with Gasteiger partial charge in [0.2, 0.25) is 0 Å². The number of carbonyl (C=O) groups is 1. The van der Waals surface area contributed by atoms with Crippen molar-refractivity contribution < 1.29 is 22.7 Å². The van der Waals surface area contributed by atoms with E-state index < -0.39 is 11.7 Å². The zero-order valence-corrected chi connectivity index (χ0v) is 22.6. The molecular formula is C30H38F3N3O2. The maximum absolute atomic E-state index is 13.1. The largest absolute Gasteiger partial charge is 0.493 e. The number of halogens is 3. The first-order valence-electron chi connectivity index (χ1n) is 13.8. The number of fused-ring (bicyclic) bond motifs is 2. The van der Waals surface area contributed by atoms with Crippen LogP contribution in [-0.4, -0.2) is 72.0 Å². The predicted octanol–water partition coefficient (Wildman–Crippen LogP) is 5.85. The minimum Gasteiger partial charge on any atom is -0.493 e. The van der Waals surface area contributed by atoms with Gasteiger partial charge in [-0.3, -0.25) is 9.69 Å². The number of hydrogen-bond donors (Lipinski definition) is 0. The quantitative estimate of drug-likeness (QED) is 0.402. The lowest BCUT2D eigenvalue weighted by Crippen LogP contribution is -2.49. The molecule has 2 aromatic carbocycles. The number of likely N-dealkylation sites (tertiary alicyclic amines) is 3. The Hall–Kier alpha value is -2.58. The molecule has 8 heteroatoms. The van der Waals surface area contributed by atoms with Crippen LogP contribution in [0.25, 0.3) is 0 Å². The van der Waals surface area contributed by atoms with Crippen molar-refractivity contribution in [2.45, 2.75) is 70.8 Å². The number of ether oxygens (including phenoxy) is 1. The number of rotatable bonds is 8. The maximum atomic E-state index is 13.1. The number of piperazine rings is 1. The van der Waals surface area contributed by atoms with Gasteiger partial charge in [-0.05, 0) is 107 Å². The zero-order valence-electron chi connectivity index (χ0n) is 22.6. The Kier molecular flexibility index (Phi) is 7.74. The summed E-state index contributed by atoms with van der Waals surface area (Å²) in [7, 11) is 0. The third-order valence-corrected chi connectivity index (χ3v) is 8.80. The van der Waals surface area contributed by atoms with Crippen molar-refractivity contribution in [2.24, 2.45) is 0 Å². The van der Waals surface area contributed by atoms with Crippen LogP contribution in [0.3, 0.4) is 0 Å². The van der Waals surface area contributed by atoms with E-state index in [9.17, 15) is 18.0 Å². The molecule has 3 saturated heterocycles. The van der Waals surface area contributed by atoms with Crippen LogP contribution in [0.5, 0.6) is 5.75 Å². The van der Waals surface area contributed by atoms with Crippen LogP contribution in [-0.2, 0) is 6.18 Å². The average molecular weight is 530 g/mol. The minimum atomic E-state index is -4.40. The maximum Gasteiger partial charge on any atom is 0.416 e. The minimum absolute atomic E-state index is 0.0804. The van der Waals surface area contributed by atoms with Crippen molar-refractivity contribution in [1.82, 2.24) is 14.7 Å². The lowest BCUT2D eigenvalue weighted by molar-refractivity contribution is -0.137. The van der Waals surface area contributed by atoms with Crippen molar-refractivity contribution in [3.8, 4) is 5.75 Å². The molecule has 0 N–H and O–H groups in total. The lowest BCUT2D eigenvalue weighted by atomic mass is 9.96. The van der Waals surface area contributed by atoms with Gasteiger partial charge in [0, 0.05) is 43.3 Å². The Labute approximate surface area is 223 Å². The Morgan fingerprint density at radius 1 is 1.00 bits per heavy atom. The summed E-state index contributed by atoms with van der Waals surface area (Å²) in [4.78, 5) is 19.9. The molecule has 5 nitrogen and oxygen atoms in total. The van der Waals surface area contributed by atoms with Gasteiger partial charge in [-0.1, -0.05) is 6.07 Å². The van der Waals surface area contributed by atoms with E-state index in [0.717, 1.165) is 50.4 Å². The molecule has 38 heavy (non-hydrogen) atoms. The predicted molar refractivity (Wildman–Crippen MR) is 141 cm³/mol. The molecule has 3 fully saturated rings. The number of nitrogens with zero attached hydrogens (tertiary/aromatic N) is 3. The normalized spacial score (nSPS) is 22.8. The van der Waals surface area contributed by atoms with Crippen molar-refractivity contribution in [3.05, 3.63) is 64.2 Å². The van der Waals surface area contributed by atoms with Gasteiger partial charge in [0.25, 0.3) is 5.91 Å². The Morgan fingerprint density at radius 3 is 2.34 bits per heavy atom. The second kappa shape index (κ2) is 10.9. The highest BCUT2D eigenvalue weighted by Crippen LogP contribution is 2.40. The second-order valence-electron chi connectivity index (χ2n) is 11.1. The van der Waals surface area contributed by atoms with Crippen LogP contribution in [0.1, 0.15) is 71.3 Å². The zero-order chi connectivity index (χ0) is 27.0. The van der Waals surface area contributed by atoms with E-state index in [1.165, 1.54) is 54.8 Å². The van der Waals surface area contributed by atoms with Crippen LogP contribution in [0.2, 0.25) is 0 Å². The summed E-state index contributed by atoms with van der Waals surface area (Å²) < 4.78 is 44.8. The van der Waals surface area contributed by atoms with Gasteiger partial charge in [0.15, 0.2) is 0 Å². The van der Waals surface area contributed by atoms with Crippen LogP contribution in [0.4, 0.5) is 13.2 Å². The topological polar surface area (TPSA) is 36.0 Å². The Balaban J connectivity index is 1.18. The number of hydrogen-bond acceptors (Lipinski definition) is 4. The van der Waals surface area contributed by atoms with E-state index in [-0.39, 0.29) is 24.0 Å². The van der Waals surface area contributed by atoms with Gasteiger partial charge in [-0.25, -0.2) is 0 Å². The average Bonchev–Trinajstić information content (AvgIpc) is 3.66. The Morgan fingerprint density at radius 2 is 1.71 bits per heavy atom. The van der Waals surface area contributed by atoms with E-state index in [1.54, 1.807) is 0 Å². The van der Waals surface area contributed by atoms with E-state index in [0.29, 0.717) is 12.1 Å². The third kappa shape index (κ3) is 5.43. The third-order valence-electron chi connectivity index (χ3n) is 8.80. The molecule has 206 valence electrons. The highest BCUT2D eigenvalue weighted by atomic mass is 19.4. The molecule has 3 aliphatic heterocycles. The van der Waals surface area contributed by atoms with Crippen LogP contribution in [0, 0.1) is 13.8 Å². The molecular weight excluding hydrogens is 491 g/mol. The number of benzene rings is 2. The first-order valence-corrected chi connectivity index (χ1v) is 13.8. The van der Waals surface area contributed by atoms with Gasteiger partial charge in [-0.15, -0.1) is 0 Å². The monoisotopic (exact) mass is 529 g/mol. The van der Waals surface area contributed by atoms with Crippen LogP contribution >= 0.6 is 0 Å². The summed E-state index contributed by atoms with van der Waals surface area (Å²) in [6, 6.07) is 9.37. The molecule has 3 aliphatic rings. The highest BCUT2D eigenvalue weighted by Gasteiger charge is 2.47. The molecule has 0 aromatic heterocycles. The highest BCUT2D eigenvalue weighted by molar-refractivity contribution is 5.94. The first-order chi connectivity index (χ1) is 18.1. The molecule has 0 radical (unpaired) electrons. The molecule has 2 bridgehead atoms. The van der Waals surface area contributed by atoms with Crippen molar-refractivity contribution in [2.75, 3.05) is 39.3 Å². The molecule has 0 aliphatic carbocycles. The van der Waals surface area contributed by atoms with E-state index in [2.05, 4.69) is 42.7 Å². The molecule has 0 saturated carbocycles. The summed E-state index contributed by atoms with van der Waals surface area (Å²) in [5.74, 6) is 0.771. The molecule has 3 atom stereocenters. The van der Waals surface area contributed by atoms with Gasteiger partial charge in [0.05, 0.1) is 12.2 Å². The summed E-state index contributed by atoms with van der Waals surface area (Å²) in [5, 5.41) is 0. The summed E-state index contributed by atoms with van der Waals surface area (Å²) in [5.41, 5.74) is 3.28. The van der Waals surface area contributed by atoms with E-state index in [1.807, 2.05) is 4.90 Å². The van der Waals surface area contributed by atoms with Crippen molar-refractivity contribution in [1.29, 1.82) is 0 Å². The molecule has 2 aromatic rings. The summed E-state index contributed by atoms with van der Waals surface area (Å²) >= 11 is 0. The Bertz CT molecular complexity index is 1140. The van der Waals surface area contributed by atoms with Crippen molar-refractivity contribution >= 4 is 5.91 Å². The molecule has 5 rings (SSSR count). The van der Waals surface area contributed by atoms with Crippen LogP contribution in [0.15, 0.2) is 36.4 Å². The van der Waals surface area contributed by atoms with Gasteiger partial charge >= 0.3 is 6.18 Å². The van der Waals surface area contributed by atoms with E-state index in [4.69, 9.17) is 4.74 Å². The fraction of sp³-hybridized carbons (Fsp3) is 0.567. The smallest absolute Gasteiger partial charge is 0.416 e. The number of carbonyl (C=O) groups excluding carboxylic acids is 1. The van der Waals surface area contributed by atoms with Gasteiger partial charge in [-0.2, -0.15) is 13.2 Å². The first kappa shape index (κ1) is 27.0. The number of alkyl halides is 3. The fourth-order valence-electron chi connectivity index (χ4n) is 6.47. The number of amides is 1. The fourth-order valence-corrected chi connectivity index (χ4v) is 6.47. The molecule has 0 unspecified atom stereocenters. The van der Waals surface area contributed by atoms with Crippen molar-refractivity contribution in [3.63, 3.8) is 0 Å². The SMILES string of the molecule is Cc1c(OCCCN2CCCC2)ccc([C@H](C)N2C[C@H]3C[C@@H]2CN3C(=O)c2ccc(C(F)(F)F)cc2)c1C. The standard InChI is InChI=1S/C30H38F3N3O2/c1-20-21(2)28(38-16-6-15-34-13-4-5-14-34)12-11-27(20)22(3)35-18-26-17-25(35)19-36(26)29(37)23-7-9-24(10-8-23)30(31,32)33/h7-12,22,25-26H,4-6,13-19H2,1-3H3/t22-,25+,26+/m0/s1. The van der Waals surface area contributed by atoms with Crippen LogP contribution < -0.4 is 4.74 Å².